The summed E-state index contributed by atoms with van der Waals surface area (Å²) in [7, 11) is 1.54. The zero-order valence-corrected chi connectivity index (χ0v) is 14.6. The number of thioether (sulfide) groups is 2. The highest BCUT2D eigenvalue weighted by Crippen LogP contribution is 2.35. The Morgan fingerprint density at radius 1 is 1.48 bits per heavy atom. The second-order valence-electron chi connectivity index (χ2n) is 5.17. The predicted molar refractivity (Wildman–Crippen MR) is 91.1 cm³/mol. The number of aliphatic imine (C=N–C) groups is 1. The molecule has 0 fully saturated rings. The number of hydrogen-bond acceptors (Lipinski definition) is 5. The number of halogens is 3. The first-order chi connectivity index (χ1) is 10.8. The Bertz CT molecular complexity index is 568. The van der Waals surface area contributed by atoms with Crippen molar-refractivity contribution >= 4 is 28.7 Å². The van der Waals surface area contributed by atoms with Gasteiger partial charge in [0.25, 0.3) is 0 Å². The minimum atomic E-state index is -4.55. The van der Waals surface area contributed by atoms with Crippen LogP contribution in [-0.4, -0.2) is 40.4 Å². The molecule has 23 heavy (non-hydrogen) atoms. The Labute approximate surface area is 142 Å². The van der Waals surface area contributed by atoms with Gasteiger partial charge in [0.2, 0.25) is 0 Å². The van der Waals surface area contributed by atoms with Crippen molar-refractivity contribution < 1.29 is 18.3 Å². The normalized spacial score (nSPS) is 22.9. The molecule has 1 unspecified atom stereocenters. The molecule has 1 N–H and O–H groups in total. The first-order valence-electron chi connectivity index (χ1n) is 7.27. The van der Waals surface area contributed by atoms with E-state index < -0.39 is 18.1 Å². The molecule has 1 atom stereocenters. The molecule has 0 aromatic heterocycles. The summed E-state index contributed by atoms with van der Waals surface area (Å²) in [6.45, 7) is 2.09. The summed E-state index contributed by atoms with van der Waals surface area (Å²) in [6, 6.07) is 0. The van der Waals surface area contributed by atoms with Crippen LogP contribution in [0.1, 0.15) is 26.2 Å². The lowest BCUT2D eigenvalue weighted by molar-refractivity contribution is -0.0946. The van der Waals surface area contributed by atoms with Gasteiger partial charge in [-0.1, -0.05) is 30.3 Å². The van der Waals surface area contributed by atoms with Gasteiger partial charge in [-0.2, -0.15) is 13.2 Å². The zero-order chi connectivity index (χ0) is 17.0. The number of hydrogen-bond donors (Lipinski definition) is 1. The predicted octanol–water partition coefficient (Wildman–Crippen LogP) is 4.49. The molecule has 3 nitrogen and oxygen atoms in total. The highest BCUT2D eigenvalue weighted by molar-refractivity contribution is 8.15. The van der Waals surface area contributed by atoms with Crippen LogP contribution in [0, 0.1) is 0 Å². The van der Waals surface area contributed by atoms with Crippen molar-refractivity contribution in [1.29, 1.82) is 0 Å². The summed E-state index contributed by atoms with van der Waals surface area (Å²) in [5.74, 6) is 0.555. The summed E-state index contributed by atoms with van der Waals surface area (Å²) in [6.07, 6.45) is -0.127. The van der Waals surface area contributed by atoms with E-state index in [2.05, 4.69) is 18.0 Å². The van der Waals surface area contributed by atoms with Crippen LogP contribution >= 0.6 is 23.5 Å². The molecular weight excluding hydrogens is 345 g/mol. The van der Waals surface area contributed by atoms with E-state index in [1.54, 1.807) is 11.8 Å². The van der Waals surface area contributed by atoms with Gasteiger partial charge in [-0.05, 0) is 35.7 Å². The van der Waals surface area contributed by atoms with Gasteiger partial charge < -0.3 is 10.0 Å². The maximum atomic E-state index is 12.8. The molecular formula is C15H19F3N2OS2. The van der Waals surface area contributed by atoms with Gasteiger partial charge in [0.1, 0.15) is 11.9 Å². The van der Waals surface area contributed by atoms with E-state index in [0.29, 0.717) is 5.75 Å². The Morgan fingerprint density at radius 2 is 2.22 bits per heavy atom. The van der Waals surface area contributed by atoms with Gasteiger partial charge in [-0.3, -0.25) is 0 Å². The highest BCUT2D eigenvalue weighted by Gasteiger charge is 2.38. The smallest absolute Gasteiger partial charge is 0.370 e. The average molecular weight is 364 g/mol. The van der Waals surface area contributed by atoms with Crippen LogP contribution in [0.3, 0.4) is 0 Å². The number of rotatable bonds is 3. The number of allylic oxidation sites excluding steroid dienone is 3. The average Bonchev–Trinajstić information content (AvgIpc) is 2.72. The minimum absolute atomic E-state index is 0.184. The van der Waals surface area contributed by atoms with Gasteiger partial charge >= 0.3 is 6.18 Å². The molecule has 0 amide bonds. The molecule has 0 aliphatic carbocycles. The molecule has 2 heterocycles. The van der Waals surface area contributed by atoms with Gasteiger partial charge in [0.05, 0.1) is 0 Å². The lowest BCUT2D eigenvalue weighted by Gasteiger charge is -2.29. The van der Waals surface area contributed by atoms with Crippen LogP contribution in [0.15, 0.2) is 38.7 Å². The van der Waals surface area contributed by atoms with Crippen LogP contribution in [-0.2, 0) is 0 Å². The molecule has 0 saturated heterocycles. The van der Waals surface area contributed by atoms with Crippen molar-refractivity contribution in [3.63, 3.8) is 0 Å². The molecule has 2 rings (SSSR count). The molecule has 0 saturated carbocycles. The number of likely N-dealkylation sites (N-methyl/N-ethyl adjacent to an activating group) is 1. The van der Waals surface area contributed by atoms with Crippen LogP contribution in [0.25, 0.3) is 0 Å². The third-order valence-corrected chi connectivity index (χ3v) is 5.88. The number of aliphatic hydroxyl groups is 1. The summed E-state index contributed by atoms with van der Waals surface area (Å²) >= 11 is 2.85. The molecule has 0 radical (unpaired) electrons. The molecule has 128 valence electrons. The number of nitrogens with zero attached hydrogens (tertiary/aromatic N) is 2. The summed E-state index contributed by atoms with van der Waals surface area (Å²) < 4.78 is 38.5. The quantitative estimate of drug-likeness (QED) is 0.800. The van der Waals surface area contributed by atoms with E-state index in [9.17, 15) is 18.3 Å². The molecule has 0 spiro atoms. The third-order valence-electron chi connectivity index (χ3n) is 3.58. The summed E-state index contributed by atoms with van der Waals surface area (Å²) in [4.78, 5) is 6.19. The lowest BCUT2D eigenvalue weighted by atomic mass is 10.1. The monoisotopic (exact) mass is 364 g/mol. The van der Waals surface area contributed by atoms with Crippen molar-refractivity contribution in [2.24, 2.45) is 4.99 Å². The topological polar surface area (TPSA) is 35.8 Å². The van der Waals surface area contributed by atoms with Crippen LogP contribution in [0.5, 0.6) is 0 Å². The fraction of sp³-hybridized carbons (Fsp3) is 0.533. The maximum Gasteiger partial charge on any atom is 0.433 e. The standard InChI is InChI=1S/C15H19F3N2OS2/c1-3-10-6-4-5-7-22-11(10)9-23-14-19-12(15(16,17)18)8-13(21)20(14)2/h5,7-8,13,21H,3-4,6,9H2,1-2H3. The fourth-order valence-corrected chi connectivity index (χ4v) is 4.39. The van der Waals surface area contributed by atoms with E-state index in [4.69, 9.17) is 0 Å². The van der Waals surface area contributed by atoms with E-state index in [0.717, 1.165) is 25.3 Å². The minimum Gasteiger partial charge on any atom is -0.370 e. The number of alkyl halides is 3. The Kier molecular flexibility index (Phi) is 6.27. The molecule has 8 heteroatoms. The van der Waals surface area contributed by atoms with Crippen LogP contribution < -0.4 is 0 Å². The maximum absolute atomic E-state index is 12.8. The van der Waals surface area contributed by atoms with E-state index in [1.165, 1.54) is 34.2 Å². The molecule has 0 aromatic carbocycles. The van der Waals surface area contributed by atoms with Gasteiger partial charge in [0.15, 0.2) is 5.17 Å². The Balaban J connectivity index is 2.14. The number of amidine groups is 1. The van der Waals surface area contributed by atoms with E-state index in [-0.39, 0.29) is 5.17 Å². The van der Waals surface area contributed by atoms with Crippen LogP contribution in [0.2, 0.25) is 0 Å². The largest absolute Gasteiger partial charge is 0.433 e. The Hall–Kier alpha value is -0.860. The highest BCUT2D eigenvalue weighted by atomic mass is 32.2. The second kappa shape index (κ2) is 7.81. The van der Waals surface area contributed by atoms with Crippen LogP contribution in [0.4, 0.5) is 13.2 Å². The van der Waals surface area contributed by atoms with Crippen molar-refractivity contribution in [2.75, 3.05) is 12.8 Å². The molecule has 0 bridgehead atoms. The van der Waals surface area contributed by atoms with Gasteiger partial charge in [0, 0.05) is 12.8 Å². The van der Waals surface area contributed by atoms with Crippen molar-refractivity contribution in [1.82, 2.24) is 4.90 Å². The molecule has 2 aliphatic heterocycles. The third kappa shape index (κ3) is 4.81. The van der Waals surface area contributed by atoms with Crippen molar-refractivity contribution in [3.05, 3.63) is 33.7 Å². The summed E-state index contributed by atoms with van der Waals surface area (Å²) in [5, 5.41) is 12.0. The lowest BCUT2D eigenvalue weighted by Crippen LogP contribution is -2.38. The SMILES string of the molecule is CCC1=C(CSC2=NC(C(F)(F)F)=CC(O)N2C)SC=CCC1. The molecule has 0 aromatic rings. The van der Waals surface area contributed by atoms with Crippen molar-refractivity contribution in [3.8, 4) is 0 Å². The number of aliphatic hydroxyl groups excluding tert-OH is 1. The van der Waals surface area contributed by atoms with E-state index >= 15 is 0 Å². The second-order valence-corrected chi connectivity index (χ2v) is 7.11. The first-order valence-corrected chi connectivity index (χ1v) is 9.13. The molecule has 2 aliphatic rings. The summed E-state index contributed by atoms with van der Waals surface area (Å²) in [5.41, 5.74) is 0.294. The van der Waals surface area contributed by atoms with Gasteiger partial charge in [-0.15, -0.1) is 11.8 Å². The first kappa shape index (κ1) is 18.5. The van der Waals surface area contributed by atoms with Crippen molar-refractivity contribution in [2.45, 2.75) is 38.6 Å². The van der Waals surface area contributed by atoms with Gasteiger partial charge in [-0.25, -0.2) is 4.99 Å². The zero-order valence-electron chi connectivity index (χ0n) is 12.9. The Morgan fingerprint density at radius 3 is 2.87 bits per heavy atom. The van der Waals surface area contributed by atoms with E-state index in [1.807, 2.05) is 5.41 Å². The fourth-order valence-electron chi connectivity index (χ4n) is 2.20.